The van der Waals surface area contributed by atoms with Crippen LogP contribution in [-0.4, -0.2) is 61.8 Å². The number of nitrogens with zero attached hydrogens (tertiary/aromatic N) is 4. The lowest BCUT2D eigenvalue weighted by Crippen LogP contribution is -2.34. The van der Waals surface area contributed by atoms with Gasteiger partial charge in [0.25, 0.3) is 0 Å². The van der Waals surface area contributed by atoms with Gasteiger partial charge in [0.1, 0.15) is 17.6 Å². The number of likely N-dealkylation sites (N-methyl/N-ethyl adjacent to an activating group) is 1. The van der Waals surface area contributed by atoms with E-state index in [0.29, 0.717) is 37.9 Å². The molecule has 32 heavy (non-hydrogen) atoms. The van der Waals surface area contributed by atoms with Crippen molar-refractivity contribution in [1.82, 2.24) is 9.97 Å². The fourth-order valence-corrected chi connectivity index (χ4v) is 3.92. The molecule has 0 radical (unpaired) electrons. The Balaban J connectivity index is 1.63. The quantitative estimate of drug-likeness (QED) is 0.552. The fraction of sp³-hybridized carbons (Fsp3) is 0.542. The van der Waals surface area contributed by atoms with E-state index in [1.807, 2.05) is 55.0 Å². The van der Waals surface area contributed by atoms with Crippen LogP contribution in [0.4, 0.5) is 16.2 Å². The van der Waals surface area contributed by atoms with Gasteiger partial charge >= 0.3 is 0 Å². The molecule has 1 aliphatic heterocycles. The average Bonchev–Trinajstić information content (AvgIpc) is 3.22. The molecular formula is C24H33FN4O3. The van der Waals surface area contributed by atoms with Crippen LogP contribution in [0.2, 0.25) is 0 Å². The first kappa shape index (κ1) is 23.9. The van der Waals surface area contributed by atoms with Crippen LogP contribution in [0.15, 0.2) is 30.5 Å². The first-order valence-corrected chi connectivity index (χ1v) is 11.0. The van der Waals surface area contributed by atoms with Crippen LogP contribution >= 0.6 is 0 Å². The molecule has 0 bridgehead atoms. The number of aromatic nitrogens is 2. The molecule has 1 aromatic heterocycles. The Morgan fingerprint density at radius 3 is 2.69 bits per heavy atom. The zero-order chi connectivity index (χ0) is 23.3. The molecule has 7 nitrogen and oxygen atoms in total. The highest BCUT2D eigenvalue weighted by Gasteiger charge is 2.28. The monoisotopic (exact) mass is 444 g/mol. The summed E-state index contributed by atoms with van der Waals surface area (Å²) in [6, 6.07) is 7.94. The van der Waals surface area contributed by atoms with E-state index in [4.69, 9.17) is 9.47 Å². The molecule has 1 aliphatic rings. The highest BCUT2D eigenvalue weighted by molar-refractivity contribution is 5.76. The second kappa shape index (κ2) is 10.7. The van der Waals surface area contributed by atoms with Crippen LogP contribution in [0.1, 0.15) is 45.1 Å². The maximum Gasteiger partial charge on any atom is 0.227 e. The third-order valence-corrected chi connectivity index (χ3v) is 5.89. The predicted octanol–water partition coefficient (Wildman–Crippen LogP) is 3.83. The molecular weight excluding hydrogens is 411 g/mol. The minimum absolute atomic E-state index is 0.0570. The number of ether oxygens (including phenoxy) is 2. The number of ketones is 1. The normalized spacial score (nSPS) is 17.8. The summed E-state index contributed by atoms with van der Waals surface area (Å²) < 4.78 is 25.8. The Hall–Kier alpha value is -2.74. The van der Waals surface area contributed by atoms with Crippen molar-refractivity contribution in [3.05, 3.63) is 41.8 Å². The zero-order valence-electron chi connectivity index (χ0n) is 19.5. The Labute approximate surface area is 189 Å². The van der Waals surface area contributed by atoms with Gasteiger partial charge in [-0.15, -0.1) is 0 Å². The van der Waals surface area contributed by atoms with E-state index in [2.05, 4.69) is 9.97 Å². The van der Waals surface area contributed by atoms with Crippen molar-refractivity contribution < 1.29 is 18.7 Å². The van der Waals surface area contributed by atoms with Crippen molar-refractivity contribution in [2.45, 2.75) is 51.7 Å². The van der Waals surface area contributed by atoms with Gasteiger partial charge in [0, 0.05) is 33.5 Å². The van der Waals surface area contributed by atoms with Crippen molar-refractivity contribution in [3.63, 3.8) is 0 Å². The van der Waals surface area contributed by atoms with Gasteiger partial charge in [0.15, 0.2) is 11.6 Å². The molecule has 1 saturated heterocycles. The van der Waals surface area contributed by atoms with Crippen molar-refractivity contribution in [3.8, 4) is 5.75 Å². The van der Waals surface area contributed by atoms with Crippen LogP contribution in [0.25, 0.3) is 0 Å². The number of anilines is 2. The van der Waals surface area contributed by atoms with Gasteiger partial charge in [-0.2, -0.15) is 4.98 Å². The molecule has 1 aromatic carbocycles. The molecule has 0 saturated carbocycles. The van der Waals surface area contributed by atoms with Gasteiger partial charge < -0.3 is 24.1 Å². The molecule has 0 aliphatic carbocycles. The first-order chi connectivity index (χ1) is 15.3. The van der Waals surface area contributed by atoms with Crippen LogP contribution in [0.3, 0.4) is 0 Å². The number of carbonyl (C=O) groups is 1. The molecule has 174 valence electrons. The van der Waals surface area contributed by atoms with Crippen LogP contribution in [0, 0.1) is 5.82 Å². The largest absolute Gasteiger partial charge is 0.489 e. The molecule has 3 atom stereocenters. The van der Waals surface area contributed by atoms with Gasteiger partial charge in [0.05, 0.1) is 25.4 Å². The molecule has 0 unspecified atom stereocenters. The lowest BCUT2D eigenvalue weighted by molar-refractivity contribution is -0.117. The van der Waals surface area contributed by atoms with Crippen molar-refractivity contribution in [2.24, 2.45) is 0 Å². The van der Waals surface area contributed by atoms with Gasteiger partial charge in [-0.25, -0.2) is 9.37 Å². The first-order valence-electron chi connectivity index (χ1n) is 11.0. The molecule has 3 rings (SSSR count). The van der Waals surface area contributed by atoms with Gasteiger partial charge in [0.2, 0.25) is 5.95 Å². The topological polar surface area (TPSA) is 67.8 Å². The summed E-state index contributed by atoms with van der Waals surface area (Å²) in [6.07, 6.45) is 2.47. The lowest BCUT2D eigenvalue weighted by Gasteiger charge is -2.26. The van der Waals surface area contributed by atoms with E-state index >= 15 is 0 Å². The van der Waals surface area contributed by atoms with E-state index < -0.39 is 5.82 Å². The lowest BCUT2D eigenvalue weighted by atomic mass is 9.96. The number of rotatable bonds is 10. The van der Waals surface area contributed by atoms with Crippen LogP contribution in [-0.2, 0) is 9.53 Å². The molecule has 2 aromatic rings. The maximum absolute atomic E-state index is 14.5. The number of halogens is 1. The van der Waals surface area contributed by atoms with Crippen LogP contribution in [0.5, 0.6) is 5.75 Å². The Morgan fingerprint density at radius 1 is 1.31 bits per heavy atom. The molecule has 1 fully saturated rings. The zero-order valence-corrected chi connectivity index (χ0v) is 19.5. The fourth-order valence-electron chi connectivity index (χ4n) is 3.92. The van der Waals surface area contributed by atoms with Gasteiger partial charge in [-0.1, -0.05) is 19.1 Å². The molecule has 2 heterocycles. The molecule has 8 heteroatoms. The Morgan fingerprint density at radius 2 is 2.03 bits per heavy atom. The summed E-state index contributed by atoms with van der Waals surface area (Å²) in [5, 5.41) is 0. The highest BCUT2D eigenvalue weighted by Crippen LogP contribution is 2.27. The van der Waals surface area contributed by atoms with Crippen LogP contribution < -0.4 is 14.5 Å². The maximum atomic E-state index is 14.5. The average molecular weight is 445 g/mol. The molecule has 0 spiro atoms. The smallest absolute Gasteiger partial charge is 0.227 e. The highest BCUT2D eigenvalue weighted by atomic mass is 19.1. The van der Waals surface area contributed by atoms with E-state index in [1.54, 1.807) is 14.0 Å². The summed E-state index contributed by atoms with van der Waals surface area (Å²) in [7, 11) is 3.52. The number of hydrogen-bond donors (Lipinski definition) is 0. The van der Waals surface area contributed by atoms with E-state index in [-0.39, 0.29) is 23.8 Å². The number of Topliss-reactive ketones (excluding diaryl/α,β-unsaturated/α-hetero) is 1. The summed E-state index contributed by atoms with van der Waals surface area (Å²) >= 11 is 0. The number of carbonyl (C=O) groups excluding carboxylic acids is 1. The molecule has 0 N–H and O–H groups in total. The van der Waals surface area contributed by atoms with E-state index in [0.717, 1.165) is 17.7 Å². The second-order valence-electron chi connectivity index (χ2n) is 8.61. The Bertz CT molecular complexity index is 909. The minimum Gasteiger partial charge on any atom is -0.489 e. The summed E-state index contributed by atoms with van der Waals surface area (Å²) in [5.74, 6) is 1.46. The predicted molar refractivity (Wildman–Crippen MR) is 123 cm³/mol. The van der Waals surface area contributed by atoms with Gasteiger partial charge in [-0.05, 0) is 37.5 Å². The van der Waals surface area contributed by atoms with Gasteiger partial charge in [-0.3, -0.25) is 0 Å². The molecule has 0 amide bonds. The van der Waals surface area contributed by atoms with Crippen molar-refractivity contribution >= 4 is 17.5 Å². The standard InChI is InChI=1S/C24H33FN4O3/c1-16(12-18(3)30)19-6-8-20(9-7-19)32-21-10-11-29(14-21)23-22(25)13-26-24(27-23)28(4)17(2)15-31-5/h6-9,13,16-17,21H,10-12,14-15H2,1-5H3/t16-,17-,21-/m1/s1. The third-order valence-electron chi connectivity index (χ3n) is 5.89. The number of benzene rings is 1. The second-order valence-corrected chi connectivity index (χ2v) is 8.61. The Kier molecular flexibility index (Phi) is 8.01. The summed E-state index contributed by atoms with van der Waals surface area (Å²) in [5.41, 5.74) is 1.11. The van der Waals surface area contributed by atoms with E-state index in [9.17, 15) is 9.18 Å². The van der Waals surface area contributed by atoms with Crippen molar-refractivity contribution in [1.29, 1.82) is 0 Å². The minimum atomic E-state index is -0.439. The third kappa shape index (κ3) is 5.94. The summed E-state index contributed by atoms with van der Waals surface area (Å²) in [4.78, 5) is 23.8. The summed E-state index contributed by atoms with van der Waals surface area (Å²) in [6.45, 7) is 7.39. The SMILES string of the molecule is COC[C@@H](C)N(C)c1ncc(F)c(N2CC[C@@H](Oc3ccc([C@H](C)CC(C)=O)cc3)C2)n1. The number of hydrogen-bond acceptors (Lipinski definition) is 7. The van der Waals surface area contributed by atoms with Crippen molar-refractivity contribution in [2.75, 3.05) is 43.7 Å². The van der Waals surface area contributed by atoms with E-state index in [1.165, 1.54) is 6.20 Å². The number of methoxy groups -OCH3 is 1.